The summed E-state index contributed by atoms with van der Waals surface area (Å²) in [6, 6.07) is 14.6. The summed E-state index contributed by atoms with van der Waals surface area (Å²) in [4.78, 5) is 21.2. The van der Waals surface area contributed by atoms with Gasteiger partial charge in [-0.2, -0.15) is 0 Å². The van der Waals surface area contributed by atoms with Crippen LogP contribution in [0, 0.1) is 0 Å². The van der Waals surface area contributed by atoms with Gasteiger partial charge in [0.1, 0.15) is 0 Å². The van der Waals surface area contributed by atoms with E-state index in [1.165, 1.54) is 0 Å². The normalized spacial score (nSPS) is 12.0. The monoisotopic (exact) mass is 321 g/mol. The van der Waals surface area contributed by atoms with Crippen molar-refractivity contribution in [2.24, 2.45) is 0 Å². The van der Waals surface area contributed by atoms with Crippen LogP contribution >= 0.6 is 0 Å². The van der Waals surface area contributed by atoms with Gasteiger partial charge in [0, 0.05) is 30.0 Å². The quantitative estimate of drug-likeness (QED) is 0.757. The Morgan fingerprint density at radius 1 is 1.12 bits per heavy atom. The van der Waals surface area contributed by atoms with Crippen LogP contribution < -0.4 is 5.32 Å². The number of nitrogens with one attached hydrogen (secondary N) is 1. The van der Waals surface area contributed by atoms with Crippen molar-refractivity contribution in [3.63, 3.8) is 0 Å². The molecule has 2 aromatic heterocycles. The first-order valence-corrected chi connectivity index (χ1v) is 7.92. The molecule has 122 valence electrons. The van der Waals surface area contributed by atoms with Crippen molar-refractivity contribution in [2.75, 3.05) is 13.2 Å². The van der Waals surface area contributed by atoms with Gasteiger partial charge in [0.2, 0.25) is 0 Å². The number of nitrogens with zero attached hydrogens (tertiary/aromatic N) is 2. The summed E-state index contributed by atoms with van der Waals surface area (Å²) in [5, 5.41) is 3.94. The van der Waals surface area contributed by atoms with Gasteiger partial charge >= 0.3 is 0 Å². The largest absolute Gasteiger partial charge is 0.379 e. The highest BCUT2D eigenvalue weighted by molar-refractivity contribution is 5.98. The first kappa shape index (κ1) is 16.1. The summed E-state index contributed by atoms with van der Waals surface area (Å²) in [6.07, 6.45) is 3.45. The number of rotatable bonds is 6. The number of benzene rings is 1. The molecule has 1 aromatic carbocycles. The van der Waals surface area contributed by atoms with Gasteiger partial charge in [0.15, 0.2) is 0 Å². The maximum Gasteiger partial charge on any atom is 0.251 e. The van der Waals surface area contributed by atoms with E-state index in [0.717, 1.165) is 16.6 Å². The van der Waals surface area contributed by atoms with Crippen molar-refractivity contribution in [3.8, 4) is 0 Å². The van der Waals surface area contributed by atoms with Gasteiger partial charge in [0.25, 0.3) is 5.91 Å². The van der Waals surface area contributed by atoms with Gasteiger partial charge in [0.05, 0.1) is 23.9 Å². The van der Waals surface area contributed by atoms with E-state index < -0.39 is 0 Å². The molecule has 1 unspecified atom stereocenters. The lowest BCUT2D eigenvalue weighted by Crippen LogP contribution is -2.32. The molecule has 0 bridgehead atoms. The van der Waals surface area contributed by atoms with Gasteiger partial charge in [-0.15, -0.1) is 0 Å². The number of amides is 1. The highest BCUT2D eigenvalue weighted by atomic mass is 16.5. The summed E-state index contributed by atoms with van der Waals surface area (Å²) < 4.78 is 5.49. The number of fused-ring (bicyclic) bond motifs is 1. The van der Waals surface area contributed by atoms with Crippen LogP contribution in [-0.4, -0.2) is 29.1 Å². The predicted octanol–water partition coefficient (Wildman–Crippen LogP) is 3.14. The maximum atomic E-state index is 12.6. The lowest BCUT2D eigenvalue weighted by molar-refractivity contribution is 0.0853. The molecule has 0 saturated carbocycles. The Balaban J connectivity index is 1.81. The van der Waals surface area contributed by atoms with Gasteiger partial charge in [-0.05, 0) is 43.3 Å². The highest BCUT2D eigenvalue weighted by Gasteiger charge is 2.17. The third-order valence-corrected chi connectivity index (χ3v) is 3.70. The summed E-state index contributed by atoms with van der Waals surface area (Å²) >= 11 is 0. The minimum Gasteiger partial charge on any atom is -0.379 e. The van der Waals surface area contributed by atoms with Crippen molar-refractivity contribution in [2.45, 2.75) is 13.0 Å². The van der Waals surface area contributed by atoms with Crippen LogP contribution in [0.4, 0.5) is 0 Å². The molecule has 3 aromatic rings. The standard InChI is InChI=1S/C19H19N3O2/c1-2-24-13-18(17-7-3-4-10-21-17)22-19(23)15-8-9-16-14(12-15)6-5-11-20-16/h3-12,18H,2,13H2,1H3,(H,22,23). The Bertz CT molecular complexity index is 821. The van der Waals surface area contributed by atoms with Crippen molar-refractivity contribution >= 4 is 16.8 Å². The molecule has 0 fully saturated rings. The number of carbonyl (C=O) groups is 1. The van der Waals surface area contributed by atoms with Crippen LogP contribution in [0.25, 0.3) is 10.9 Å². The van der Waals surface area contributed by atoms with Gasteiger partial charge in [-0.1, -0.05) is 12.1 Å². The zero-order valence-corrected chi connectivity index (χ0v) is 13.5. The van der Waals surface area contributed by atoms with Crippen LogP contribution in [0.15, 0.2) is 60.9 Å². The minimum absolute atomic E-state index is 0.156. The molecule has 5 nitrogen and oxygen atoms in total. The first-order chi connectivity index (χ1) is 11.8. The Morgan fingerprint density at radius 2 is 2.00 bits per heavy atom. The molecule has 2 heterocycles. The van der Waals surface area contributed by atoms with Crippen LogP contribution in [0.5, 0.6) is 0 Å². The Hall–Kier alpha value is -2.79. The highest BCUT2D eigenvalue weighted by Crippen LogP contribution is 2.15. The molecule has 0 saturated heterocycles. The molecule has 24 heavy (non-hydrogen) atoms. The minimum atomic E-state index is -0.289. The van der Waals surface area contributed by atoms with E-state index in [4.69, 9.17) is 4.74 Å². The number of hydrogen-bond donors (Lipinski definition) is 1. The average molecular weight is 321 g/mol. The first-order valence-electron chi connectivity index (χ1n) is 7.92. The molecule has 1 N–H and O–H groups in total. The zero-order chi connectivity index (χ0) is 16.8. The summed E-state index contributed by atoms with van der Waals surface area (Å²) in [7, 11) is 0. The molecule has 3 rings (SSSR count). The molecule has 0 aliphatic rings. The van der Waals surface area contributed by atoms with Crippen LogP contribution in [0.3, 0.4) is 0 Å². The number of hydrogen-bond acceptors (Lipinski definition) is 4. The van der Waals surface area contributed by atoms with E-state index in [-0.39, 0.29) is 11.9 Å². The zero-order valence-electron chi connectivity index (χ0n) is 13.5. The fourth-order valence-electron chi connectivity index (χ4n) is 2.48. The van der Waals surface area contributed by atoms with E-state index >= 15 is 0 Å². The Kier molecular flexibility index (Phi) is 5.13. The van der Waals surface area contributed by atoms with Gasteiger partial charge in [-0.3, -0.25) is 14.8 Å². The van der Waals surface area contributed by atoms with Crippen molar-refractivity contribution in [1.29, 1.82) is 0 Å². The maximum absolute atomic E-state index is 12.6. The second-order valence-corrected chi connectivity index (χ2v) is 5.35. The Morgan fingerprint density at radius 3 is 2.79 bits per heavy atom. The smallest absolute Gasteiger partial charge is 0.251 e. The number of pyridine rings is 2. The van der Waals surface area contributed by atoms with E-state index in [2.05, 4.69) is 15.3 Å². The van der Waals surface area contributed by atoms with Crippen LogP contribution in [0.2, 0.25) is 0 Å². The van der Waals surface area contributed by atoms with Crippen LogP contribution in [-0.2, 0) is 4.74 Å². The third-order valence-electron chi connectivity index (χ3n) is 3.70. The second-order valence-electron chi connectivity index (χ2n) is 5.35. The van der Waals surface area contributed by atoms with Crippen LogP contribution in [0.1, 0.15) is 29.0 Å². The van der Waals surface area contributed by atoms with E-state index in [0.29, 0.717) is 18.8 Å². The lowest BCUT2D eigenvalue weighted by atomic mass is 10.1. The molecule has 0 spiro atoms. The van der Waals surface area contributed by atoms with E-state index in [9.17, 15) is 4.79 Å². The topological polar surface area (TPSA) is 64.1 Å². The third kappa shape index (κ3) is 3.75. The second kappa shape index (κ2) is 7.66. The number of aromatic nitrogens is 2. The average Bonchev–Trinajstić information content (AvgIpc) is 2.65. The summed E-state index contributed by atoms with van der Waals surface area (Å²) in [5.41, 5.74) is 2.24. The molecule has 5 heteroatoms. The summed E-state index contributed by atoms with van der Waals surface area (Å²) in [6.45, 7) is 2.89. The molecular weight excluding hydrogens is 302 g/mol. The lowest BCUT2D eigenvalue weighted by Gasteiger charge is -2.18. The van der Waals surface area contributed by atoms with E-state index in [1.807, 2.05) is 49.4 Å². The SMILES string of the molecule is CCOCC(NC(=O)c1ccc2ncccc2c1)c1ccccn1. The van der Waals surface area contributed by atoms with E-state index in [1.54, 1.807) is 18.5 Å². The van der Waals surface area contributed by atoms with Crippen molar-refractivity contribution in [1.82, 2.24) is 15.3 Å². The fourth-order valence-corrected chi connectivity index (χ4v) is 2.48. The number of ether oxygens (including phenoxy) is 1. The molecule has 0 radical (unpaired) electrons. The molecular formula is C19H19N3O2. The number of carbonyl (C=O) groups excluding carboxylic acids is 1. The summed E-state index contributed by atoms with van der Waals surface area (Å²) in [5.74, 6) is -0.156. The predicted molar refractivity (Wildman–Crippen MR) is 92.7 cm³/mol. The molecule has 1 amide bonds. The van der Waals surface area contributed by atoms with Crippen molar-refractivity contribution < 1.29 is 9.53 Å². The molecule has 1 atom stereocenters. The molecule has 0 aliphatic heterocycles. The van der Waals surface area contributed by atoms with Crippen molar-refractivity contribution in [3.05, 3.63) is 72.2 Å². The van der Waals surface area contributed by atoms with Gasteiger partial charge < -0.3 is 10.1 Å². The molecule has 0 aliphatic carbocycles. The Labute approximate surface area is 140 Å². The fraction of sp³-hybridized carbons (Fsp3) is 0.211. The van der Waals surface area contributed by atoms with Gasteiger partial charge in [-0.25, -0.2) is 0 Å².